The first-order valence-corrected chi connectivity index (χ1v) is 6.78. The lowest BCUT2D eigenvalue weighted by molar-refractivity contribution is 0.327. The lowest BCUT2D eigenvalue weighted by Crippen LogP contribution is -2.40. The zero-order valence-corrected chi connectivity index (χ0v) is 13.1. The van der Waals surface area contributed by atoms with Crippen molar-refractivity contribution in [1.29, 1.82) is 0 Å². The SMILES string of the molecule is CC(N(C)c1nc(NN)nc(-n2cccn2)n1)C(C)(C)C. The Morgan fingerprint density at radius 3 is 2.52 bits per heavy atom. The maximum Gasteiger partial charge on any atom is 0.257 e. The number of nitrogen functional groups attached to an aromatic ring is 1. The monoisotopic (exact) mass is 290 g/mol. The summed E-state index contributed by atoms with van der Waals surface area (Å²) in [5, 5.41) is 4.13. The summed E-state index contributed by atoms with van der Waals surface area (Å²) in [7, 11) is 1.96. The van der Waals surface area contributed by atoms with Gasteiger partial charge in [0.15, 0.2) is 0 Å². The Hall–Kier alpha value is -2.22. The number of hydrogen-bond acceptors (Lipinski definition) is 7. The largest absolute Gasteiger partial charge is 0.340 e. The van der Waals surface area contributed by atoms with E-state index in [1.165, 1.54) is 0 Å². The molecule has 21 heavy (non-hydrogen) atoms. The van der Waals surface area contributed by atoms with E-state index in [1.54, 1.807) is 23.1 Å². The van der Waals surface area contributed by atoms with Crippen molar-refractivity contribution in [3.63, 3.8) is 0 Å². The fraction of sp³-hybridized carbons (Fsp3) is 0.538. The van der Waals surface area contributed by atoms with Crippen molar-refractivity contribution in [3.05, 3.63) is 18.5 Å². The van der Waals surface area contributed by atoms with E-state index in [2.05, 4.69) is 53.2 Å². The van der Waals surface area contributed by atoms with Crippen molar-refractivity contribution in [2.75, 3.05) is 17.4 Å². The number of aromatic nitrogens is 5. The molecule has 2 aromatic heterocycles. The molecule has 0 radical (unpaired) electrons. The number of nitrogens with one attached hydrogen (secondary N) is 1. The summed E-state index contributed by atoms with van der Waals surface area (Å²) < 4.78 is 1.57. The van der Waals surface area contributed by atoms with Crippen molar-refractivity contribution < 1.29 is 0 Å². The van der Waals surface area contributed by atoms with Crippen LogP contribution in [-0.2, 0) is 0 Å². The number of rotatable bonds is 4. The molecular weight excluding hydrogens is 268 g/mol. The van der Waals surface area contributed by atoms with Crippen molar-refractivity contribution in [1.82, 2.24) is 24.7 Å². The third-order valence-corrected chi connectivity index (χ3v) is 3.60. The molecule has 2 aromatic rings. The standard InChI is InChI=1S/C13H22N8/c1-9(13(2,3)4)20(5)11-16-10(19-14)17-12(18-11)21-8-6-7-15-21/h6-9H,14H2,1-5H3,(H,16,17,18,19). The molecule has 1 unspecified atom stereocenters. The molecule has 0 aliphatic heterocycles. The van der Waals surface area contributed by atoms with Gasteiger partial charge in [0.05, 0.1) is 0 Å². The second-order valence-electron chi connectivity index (χ2n) is 6.01. The second kappa shape index (κ2) is 5.65. The van der Waals surface area contributed by atoms with Crippen molar-refractivity contribution in [3.8, 4) is 5.95 Å². The minimum Gasteiger partial charge on any atom is -0.340 e. The van der Waals surface area contributed by atoms with Gasteiger partial charge in [-0.25, -0.2) is 10.5 Å². The van der Waals surface area contributed by atoms with Crippen LogP contribution in [-0.4, -0.2) is 37.8 Å². The normalized spacial score (nSPS) is 13.0. The van der Waals surface area contributed by atoms with Gasteiger partial charge in [-0.2, -0.15) is 20.1 Å². The molecule has 0 aromatic carbocycles. The van der Waals surface area contributed by atoms with E-state index >= 15 is 0 Å². The highest BCUT2D eigenvalue weighted by molar-refractivity contribution is 5.39. The Kier molecular flexibility index (Phi) is 4.08. The zero-order chi connectivity index (χ0) is 15.6. The van der Waals surface area contributed by atoms with Crippen LogP contribution in [0.15, 0.2) is 18.5 Å². The Morgan fingerprint density at radius 1 is 1.29 bits per heavy atom. The number of hydrogen-bond donors (Lipinski definition) is 2. The van der Waals surface area contributed by atoms with E-state index in [1.807, 2.05) is 11.9 Å². The molecule has 0 aliphatic carbocycles. The summed E-state index contributed by atoms with van der Waals surface area (Å²) in [6.45, 7) is 8.65. The lowest BCUT2D eigenvalue weighted by atomic mass is 9.87. The van der Waals surface area contributed by atoms with E-state index in [0.29, 0.717) is 17.8 Å². The van der Waals surface area contributed by atoms with Gasteiger partial charge in [0.2, 0.25) is 11.9 Å². The summed E-state index contributed by atoms with van der Waals surface area (Å²) in [4.78, 5) is 15.0. The van der Waals surface area contributed by atoms with Crippen molar-refractivity contribution in [2.24, 2.45) is 11.3 Å². The molecule has 0 spiro atoms. The van der Waals surface area contributed by atoms with Crippen LogP contribution in [0.5, 0.6) is 0 Å². The third kappa shape index (κ3) is 3.27. The molecule has 3 N–H and O–H groups in total. The Labute approximate surface area is 124 Å². The number of hydrazine groups is 1. The number of nitrogens with zero attached hydrogens (tertiary/aromatic N) is 6. The molecule has 114 valence electrons. The first kappa shape index (κ1) is 15.2. The molecule has 8 nitrogen and oxygen atoms in total. The molecule has 0 saturated heterocycles. The summed E-state index contributed by atoms with van der Waals surface area (Å²) in [6, 6.07) is 2.04. The van der Waals surface area contributed by atoms with Gasteiger partial charge < -0.3 is 4.90 Å². The predicted octanol–water partition coefficient (Wildman–Crippen LogP) is 1.21. The number of anilines is 2. The van der Waals surface area contributed by atoms with Crippen LogP contribution in [0.25, 0.3) is 5.95 Å². The molecule has 8 heteroatoms. The molecule has 2 rings (SSSR count). The fourth-order valence-electron chi connectivity index (χ4n) is 1.82. The van der Waals surface area contributed by atoms with Crippen molar-refractivity contribution >= 4 is 11.9 Å². The highest BCUT2D eigenvalue weighted by atomic mass is 15.4. The van der Waals surface area contributed by atoms with E-state index in [9.17, 15) is 0 Å². The number of nitrogens with two attached hydrogens (primary N) is 1. The average molecular weight is 290 g/mol. The quantitative estimate of drug-likeness (QED) is 0.645. The van der Waals surface area contributed by atoms with Crippen LogP contribution in [0.2, 0.25) is 0 Å². The molecule has 2 heterocycles. The van der Waals surface area contributed by atoms with E-state index in [-0.39, 0.29) is 11.5 Å². The summed E-state index contributed by atoms with van der Waals surface area (Å²) in [6.07, 6.45) is 3.44. The lowest BCUT2D eigenvalue weighted by Gasteiger charge is -2.35. The molecule has 0 saturated carbocycles. The van der Waals surface area contributed by atoms with Crippen LogP contribution in [0, 0.1) is 5.41 Å². The van der Waals surface area contributed by atoms with E-state index < -0.39 is 0 Å². The van der Waals surface area contributed by atoms with Crippen LogP contribution in [0.4, 0.5) is 11.9 Å². The van der Waals surface area contributed by atoms with Gasteiger partial charge in [-0.1, -0.05) is 20.8 Å². The highest BCUT2D eigenvalue weighted by Gasteiger charge is 2.26. The topological polar surface area (TPSA) is 97.8 Å². The first-order chi connectivity index (χ1) is 9.82. The highest BCUT2D eigenvalue weighted by Crippen LogP contribution is 2.26. The molecule has 0 fully saturated rings. The fourth-order valence-corrected chi connectivity index (χ4v) is 1.82. The van der Waals surface area contributed by atoms with Crippen LogP contribution >= 0.6 is 0 Å². The molecule has 0 aliphatic rings. The maximum absolute atomic E-state index is 5.45. The Balaban J connectivity index is 2.42. The molecule has 1 atom stereocenters. The average Bonchev–Trinajstić information content (AvgIpc) is 2.98. The Morgan fingerprint density at radius 2 is 2.00 bits per heavy atom. The van der Waals surface area contributed by atoms with Gasteiger partial charge in [0.1, 0.15) is 0 Å². The molecule has 0 bridgehead atoms. The van der Waals surface area contributed by atoms with Gasteiger partial charge in [0.25, 0.3) is 5.95 Å². The summed E-state index contributed by atoms with van der Waals surface area (Å²) >= 11 is 0. The summed E-state index contributed by atoms with van der Waals surface area (Å²) in [5.74, 6) is 6.73. The van der Waals surface area contributed by atoms with Crippen LogP contribution < -0.4 is 16.2 Å². The van der Waals surface area contributed by atoms with Gasteiger partial charge >= 0.3 is 0 Å². The van der Waals surface area contributed by atoms with Crippen LogP contribution in [0.3, 0.4) is 0 Å². The molecule has 0 amide bonds. The smallest absolute Gasteiger partial charge is 0.257 e. The predicted molar refractivity (Wildman–Crippen MR) is 82.1 cm³/mol. The van der Waals surface area contributed by atoms with E-state index in [0.717, 1.165) is 0 Å². The van der Waals surface area contributed by atoms with Gasteiger partial charge in [-0.3, -0.25) is 5.43 Å². The van der Waals surface area contributed by atoms with Gasteiger partial charge in [-0.15, -0.1) is 0 Å². The molecular formula is C13H22N8. The Bertz CT molecular complexity index is 587. The second-order valence-corrected chi connectivity index (χ2v) is 6.01. The maximum atomic E-state index is 5.45. The zero-order valence-electron chi connectivity index (χ0n) is 13.1. The summed E-state index contributed by atoms with van der Waals surface area (Å²) in [5.41, 5.74) is 2.56. The minimum absolute atomic E-state index is 0.0869. The van der Waals surface area contributed by atoms with Crippen molar-refractivity contribution in [2.45, 2.75) is 33.7 Å². The van der Waals surface area contributed by atoms with E-state index in [4.69, 9.17) is 5.84 Å². The van der Waals surface area contributed by atoms with Gasteiger partial charge in [0, 0.05) is 25.5 Å². The van der Waals surface area contributed by atoms with Crippen LogP contribution in [0.1, 0.15) is 27.7 Å². The minimum atomic E-state index is 0.0869. The van der Waals surface area contributed by atoms with Gasteiger partial charge in [-0.05, 0) is 18.4 Å². The first-order valence-electron chi connectivity index (χ1n) is 6.78. The third-order valence-electron chi connectivity index (χ3n) is 3.60.